The Balaban J connectivity index is 2.39. The molecule has 1 rings (SSSR count). The van der Waals surface area contributed by atoms with E-state index in [1.807, 2.05) is 13.8 Å². The molecule has 1 fully saturated rings. The molecule has 2 atom stereocenters. The summed E-state index contributed by atoms with van der Waals surface area (Å²) in [7, 11) is 0. The molecular weight excluding hydrogens is 180 g/mol. The van der Waals surface area contributed by atoms with Crippen LogP contribution in [-0.2, 0) is 14.3 Å². The molecule has 1 saturated heterocycles. The molecule has 3 heteroatoms. The van der Waals surface area contributed by atoms with Gasteiger partial charge in [-0.05, 0) is 20.3 Å². The first kappa shape index (κ1) is 11.7. The van der Waals surface area contributed by atoms with Crippen LogP contribution in [0.25, 0.3) is 0 Å². The van der Waals surface area contributed by atoms with Crippen molar-refractivity contribution in [2.45, 2.75) is 64.4 Å². The van der Waals surface area contributed by atoms with Gasteiger partial charge in [-0.2, -0.15) is 0 Å². The zero-order valence-electron chi connectivity index (χ0n) is 9.29. The highest BCUT2D eigenvalue weighted by Gasteiger charge is 2.40. The number of hydrogen-bond acceptors (Lipinski definition) is 3. The van der Waals surface area contributed by atoms with Crippen molar-refractivity contribution in [2.75, 3.05) is 0 Å². The van der Waals surface area contributed by atoms with Crippen molar-refractivity contribution in [2.24, 2.45) is 0 Å². The molecule has 1 aliphatic heterocycles. The minimum absolute atomic E-state index is 0.0472. The van der Waals surface area contributed by atoms with Gasteiger partial charge in [0.25, 0.3) is 0 Å². The van der Waals surface area contributed by atoms with E-state index in [-0.39, 0.29) is 12.2 Å². The lowest BCUT2D eigenvalue weighted by molar-refractivity contribution is -0.150. The predicted octanol–water partition coefficient (Wildman–Crippen LogP) is 2.29. The summed E-state index contributed by atoms with van der Waals surface area (Å²) in [5, 5.41) is 0. The van der Waals surface area contributed by atoms with E-state index < -0.39 is 5.79 Å². The molecule has 0 radical (unpaired) electrons. The fourth-order valence-electron chi connectivity index (χ4n) is 1.80. The maximum Gasteiger partial charge on any atom is 0.164 e. The molecule has 0 aliphatic carbocycles. The van der Waals surface area contributed by atoms with Crippen LogP contribution in [0.5, 0.6) is 0 Å². The van der Waals surface area contributed by atoms with Crippen LogP contribution in [0, 0.1) is 0 Å². The number of carbonyl (C=O) groups is 1. The van der Waals surface area contributed by atoms with Crippen LogP contribution in [0.15, 0.2) is 0 Å². The molecule has 0 aromatic carbocycles. The lowest BCUT2D eigenvalue weighted by Gasteiger charge is -2.16. The molecular formula is C11H20O3. The van der Waals surface area contributed by atoms with E-state index in [9.17, 15) is 4.79 Å². The zero-order valence-corrected chi connectivity index (χ0v) is 9.29. The molecule has 1 aliphatic rings. The summed E-state index contributed by atoms with van der Waals surface area (Å²) in [5.41, 5.74) is 0. The molecule has 82 valence electrons. The van der Waals surface area contributed by atoms with E-state index in [1.54, 1.807) is 0 Å². The van der Waals surface area contributed by atoms with E-state index in [4.69, 9.17) is 9.47 Å². The molecule has 0 N–H and O–H groups in total. The quantitative estimate of drug-likeness (QED) is 0.504. The van der Waals surface area contributed by atoms with Gasteiger partial charge >= 0.3 is 0 Å². The van der Waals surface area contributed by atoms with E-state index in [2.05, 4.69) is 6.92 Å². The van der Waals surface area contributed by atoms with Gasteiger partial charge in [-0.25, -0.2) is 0 Å². The second-order valence-electron chi connectivity index (χ2n) is 4.27. The average molecular weight is 200 g/mol. The van der Waals surface area contributed by atoms with E-state index in [1.165, 1.54) is 12.8 Å². The molecule has 0 bridgehead atoms. The minimum Gasteiger partial charge on any atom is -0.344 e. The third kappa shape index (κ3) is 3.07. The van der Waals surface area contributed by atoms with Gasteiger partial charge in [-0.1, -0.05) is 26.2 Å². The minimum atomic E-state index is -0.595. The Morgan fingerprint density at radius 2 is 2.00 bits per heavy atom. The van der Waals surface area contributed by atoms with E-state index in [0.29, 0.717) is 0 Å². The van der Waals surface area contributed by atoms with Crippen LogP contribution in [0.2, 0.25) is 0 Å². The van der Waals surface area contributed by atoms with Crippen LogP contribution >= 0.6 is 0 Å². The van der Waals surface area contributed by atoms with Crippen LogP contribution in [0.3, 0.4) is 0 Å². The van der Waals surface area contributed by atoms with Gasteiger partial charge in [0.1, 0.15) is 6.10 Å². The Morgan fingerprint density at radius 1 is 1.29 bits per heavy atom. The largest absolute Gasteiger partial charge is 0.344 e. The predicted molar refractivity (Wildman–Crippen MR) is 54.0 cm³/mol. The number of rotatable bonds is 5. The van der Waals surface area contributed by atoms with Gasteiger partial charge in [0.2, 0.25) is 0 Å². The highest BCUT2D eigenvalue weighted by atomic mass is 16.8. The number of carbonyl (C=O) groups excluding carboxylic acids is 1. The third-order valence-electron chi connectivity index (χ3n) is 2.45. The molecule has 0 aromatic rings. The van der Waals surface area contributed by atoms with E-state index in [0.717, 1.165) is 19.1 Å². The Bertz CT molecular complexity index is 189. The fraction of sp³-hybridized carbons (Fsp3) is 0.909. The molecule has 0 spiro atoms. The smallest absolute Gasteiger partial charge is 0.164 e. The van der Waals surface area contributed by atoms with Gasteiger partial charge in [-0.15, -0.1) is 0 Å². The lowest BCUT2D eigenvalue weighted by Crippen LogP contribution is -2.23. The summed E-state index contributed by atoms with van der Waals surface area (Å²) in [6.07, 6.45) is 4.82. The first-order valence-corrected chi connectivity index (χ1v) is 5.40. The molecule has 3 nitrogen and oxygen atoms in total. The lowest BCUT2D eigenvalue weighted by atomic mass is 10.1. The molecule has 0 aromatic heterocycles. The number of ether oxygens (including phenoxy) is 2. The van der Waals surface area contributed by atoms with Gasteiger partial charge < -0.3 is 14.3 Å². The van der Waals surface area contributed by atoms with Crippen molar-refractivity contribution in [3.05, 3.63) is 0 Å². The average Bonchev–Trinajstić information content (AvgIpc) is 2.41. The Kier molecular flexibility index (Phi) is 4.08. The summed E-state index contributed by atoms with van der Waals surface area (Å²) in [6, 6.07) is 0. The topological polar surface area (TPSA) is 35.5 Å². The van der Waals surface area contributed by atoms with Crippen molar-refractivity contribution >= 4 is 6.29 Å². The Labute approximate surface area is 85.8 Å². The van der Waals surface area contributed by atoms with Crippen molar-refractivity contribution in [1.82, 2.24) is 0 Å². The van der Waals surface area contributed by atoms with Crippen molar-refractivity contribution in [1.29, 1.82) is 0 Å². The summed E-state index contributed by atoms with van der Waals surface area (Å²) in [4.78, 5) is 10.7. The number of aldehydes is 1. The summed E-state index contributed by atoms with van der Waals surface area (Å²) < 4.78 is 11.1. The van der Waals surface area contributed by atoms with Gasteiger partial charge in [0.05, 0.1) is 6.10 Å². The fourth-order valence-corrected chi connectivity index (χ4v) is 1.80. The molecule has 14 heavy (non-hydrogen) atoms. The monoisotopic (exact) mass is 200 g/mol. The third-order valence-corrected chi connectivity index (χ3v) is 2.45. The first-order valence-electron chi connectivity index (χ1n) is 5.40. The van der Waals surface area contributed by atoms with Crippen molar-refractivity contribution in [3.63, 3.8) is 0 Å². The second-order valence-corrected chi connectivity index (χ2v) is 4.27. The highest BCUT2D eigenvalue weighted by Crippen LogP contribution is 2.29. The normalized spacial score (nSPS) is 30.5. The molecule has 0 amide bonds. The summed E-state index contributed by atoms with van der Waals surface area (Å²) in [6.45, 7) is 5.86. The standard InChI is InChI=1S/C11H20O3/c1-4-5-6-7-9-10(8-12)14-11(2,3)13-9/h8-10H,4-7H2,1-3H3/t9-,10-/m0/s1. The Hall–Kier alpha value is -0.410. The first-order chi connectivity index (χ1) is 6.59. The number of hydrogen-bond donors (Lipinski definition) is 0. The highest BCUT2D eigenvalue weighted by molar-refractivity contribution is 5.57. The maximum atomic E-state index is 10.7. The number of unbranched alkanes of at least 4 members (excludes halogenated alkanes) is 2. The molecule has 0 unspecified atom stereocenters. The van der Waals surface area contributed by atoms with Gasteiger partial charge in [0.15, 0.2) is 12.1 Å². The van der Waals surface area contributed by atoms with Gasteiger partial charge in [-0.3, -0.25) is 0 Å². The van der Waals surface area contributed by atoms with E-state index >= 15 is 0 Å². The van der Waals surface area contributed by atoms with Gasteiger partial charge in [0, 0.05) is 0 Å². The van der Waals surface area contributed by atoms with Crippen LogP contribution in [-0.4, -0.2) is 24.3 Å². The molecule has 1 heterocycles. The van der Waals surface area contributed by atoms with Crippen molar-refractivity contribution in [3.8, 4) is 0 Å². The zero-order chi connectivity index (χ0) is 10.6. The summed E-state index contributed by atoms with van der Waals surface area (Å²) >= 11 is 0. The van der Waals surface area contributed by atoms with Crippen LogP contribution in [0.4, 0.5) is 0 Å². The summed E-state index contributed by atoms with van der Waals surface area (Å²) in [5.74, 6) is -0.595. The van der Waals surface area contributed by atoms with Crippen LogP contribution in [0.1, 0.15) is 46.5 Å². The Morgan fingerprint density at radius 3 is 2.57 bits per heavy atom. The van der Waals surface area contributed by atoms with Crippen molar-refractivity contribution < 1.29 is 14.3 Å². The van der Waals surface area contributed by atoms with Crippen LogP contribution < -0.4 is 0 Å². The SMILES string of the molecule is CCCCC[C@@H]1OC(C)(C)O[C@H]1C=O. The second kappa shape index (κ2) is 4.89. The molecule has 0 saturated carbocycles. The maximum absolute atomic E-state index is 10.7.